The predicted molar refractivity (Wildman–Crippen MR) is 43.8 cm³/mol. The van der Waals surface area contributed by atoms with Crippen molar-refractivity contribution in [1.29, 1.82) is 0 Å². The molecule has 0 radical (unpaired) electrons. The molecule has 1 unspecified atom stereocenters. The molecule has 0 aromatic rings. The zero-order valence-corrected chi connectivity index (χ0v) is 6.36. The van der Waals surface area contributed by atoms with E-state index in [1.54, 1.807) is 6.92 Å². The number of hydrogen-bond acceptors (Lipinski definition) is 0. The minimum atomic E-state index is -0.176. The van der Waals surface area contributed by atoms with Crippen LogP contribution in [-0.4, -0.2) is 0 Å². The fourth-order valence-electron chi connectivity index (χ4n) is 0.468. The zero-order chi connectivity index (χ0) is 7.82. The highest BCUT2D eigenvalue weighted by molar-refractivity contribution is 5.26. The van der Waals surface area contributed by atoms with Crippen molar-refractivity contribution in [2.45, 2.75) is 20.3 Å². The van der Waals surface area contributed by atoms with Crippen LogP contribution >= 0.6 is 0 Å². The second-order valence-corrected chi connectivity index (χ2v) is 1.67. The first-order valence-electron chi connectivity index (χ1n) is 3.22. The molecule has 0 saturated heterocycles. The molecule has 0 aliphatic heterocycles. The van der Waals surface area contributed by atoms with Gasteiger partial charge in [-0.2, -0.15) is 0 Å². The van der Waals surface area contributed by atoms with Crippen LogP contribution in [0, 0.1) is 41.9 Å². The van der Waals surface area contributed by atoms with E-state index in [4.69, 9.17) is 6.42 Å². The van der Waals surface area contributed by atoms with Crippen molar-refractivity contribution in [3.63, 3.8) is 0 Å². The van der Waals surface area contributed by atoms with Crippen molar-refractivity contribution < 1.29 is 0 Å². The van der Waals surface area contributed by atoms with Crippen LogP contribution in [0.5, 0.6) is 0 Å². The molecule has 0 saturated carbocycles. The quantitative estimate of drug-likeness (QED) is 0.437. The van der Waals surface area contributed by atoms with E-state index in [0.29, 0.717) is 0 Å². The summed E-state index contributed by atoms with van der Waals surface area (Å²) in [6, 6.07) is 0. The fourth-order valence-corrected chi connectivity index (χ4v) is 0.468. The molecule has 10 heavy (non-hydrogen) atoms. The Morgan fingerprint density at radius 2 is 2.10 bits per heavy atom. The molecule has 0 fully saturated rings. The van der Waals surface area contributed by atoms with Gasteiger partial charge in [-0.1, -0.05) is 24.7 Å². The summed E-state index contributed by atoms with van der Waals surface area (Å²) >= 11 is 0. The molecule has 0 aliphatic rings. The Morgan fingerprint density at radius 1 is 1.40 bits per heavy atom. The average Bonchev–Trinajstić information content (AvgIpc) is 1.98. The maximum Gasteiger partial charge on any atom is 0.141 e. The van der Waals surface area contributed by atoms with Crippen molar-refractivity contribution in [3.05, 3.63) is 0 Å². The summed E-state index contributed by atoms with van der Waals surface area (Å²) in [6.07, 6.45) is 5.98. The highest BCUT2D eigenvalue weighted by Crippen LogP contribution is 1.87. The largest absolute Gasteiger partial charge is 0.141 e. The molecule has 0 rings (SSSR count). The van der Waals surface area contributed by atoms with Crippen LogP contribution in [-0.2, 0) is 0 Å². The molecule has 0 aliphatic carbocycles. The monoisotopic (exact) mass is 130 g/mol. The third-order valence-electron chi connectivity index (χ3n) is 0.879. The predicted octanol–water partition coefficient (Wildman–Crippen LogP) is 1.67. The second-order valence-electron chi connectivity index (χ2n) is 1.67. The normalized spacial score (nSPS) is 9.30. The highest BCUT2D eigenvalue weighted by atomic mass is 13.9. The molecule has 0 aromatic carbocycles. The van der Waals surface area contributed by atoms with Gasteiger partial charge in [0.2, 0.25) is 0 Å². The lowest BCUT2D eigenvalue weighted by molar-refractivity contribution is 1.20. The van der Waals surface area contributed by atoms with E-state index < -0.39 is 0 Å². The Labute approximate surface area is 63.0 Å². The minimum Gasteiger partial charge on any atom is -0.118 e. The van der Waals surface area contributed by atoms with Gasteiger partial charge >= 0.3 is 0 Å². The van der Waals surface area contributed by atoms with Crippen molar-refractivity contribution in [3.8, 4) is 36.0 Å². The Balaban J connectivity index is 4.08. The van der Waals surface area contributed by atoms with Crippen LogP contribution in [0.1, 0.15) is 20.3 Å². The molecule has 0 N–H and O–H groups in total. The molecule has 0 spiro atoms. The van der Waals surface area contributed by atoms with Crippen LogP contribution in [0.4, 0.5) is 0 Å². The molecule has 0 bridgehead atoms. The standard InChI is InChI=1S/C10H10/c1-4-7-9-10(6-3)8-5-2/h3,10H,4H2,1-2H3. The van der Waals surface area contributed by atoms with Crippen LogP contribution in [0.25, 0.3) is 0 Å². The molecule has 0 amide bonds. The van der Waals surface area contributed by atoms with Gasteiger partial charge in [0.05, 0.1) is 0 Å². The van der Waals surface area contributed by atoms with Gasteiger partial charge in [-0.15, -0.1) is 18.3 Å². The molecule has 0 heteroatoms. The maximum absolute atomic E-state index is 5.14. The summed E-state index contributed by atoms with van der Waals surface area (Å²) in [6.45, 7) is 3.75. The lowest BCUT2D eigenvalue weighted by Gasteiger charge is -1.85. The minimum absolute atomic E-state index is 0.176. The van der Waals surface area contributed by atoms with Crippen LogP contribution in [0.2, 0.25) is 0 Å². The lowest BCUT2D eigenvalue weighted by atomic mass is 10.2. The van der Waals surface area contributed by atoms with Crippen LogP contribution < -0.4 is 0 Å². The van der Waals surface area contributed by atoms with Gasteiger partial charge in [0.15, 0.2) is 0 Å². The second kappa shape index (κ2) is 5.81. The summed E-state index contributed by atoms with van der Waals surface area (Å²) < 4.78 is 0. The number of rotatable bonds is 0. The topological polar surface area (TPSA) is 0 Å². The van der Waals surface area contributed by atoms with Crippen molar-refractivity contribution in [2.24, 2.45) is 5.92 Å². The first kappa shape index (κ1) is 8.68. The Bertz CT molecular complexity index is 231. The summed E-state index contributed by atoms with van der Waals surface area (Å²) in [4.78, 5) is 0. The summed E-state index contributed by atoms with van der Waals surface area (Å²) in [5.74, 6) is 13.6. The molecule has 0 nitrogen and oxygen atoms in total. The summed E-state index contributed by atoms with van der Waals surface area (Å²) in [7, 11) is 0. The Hall–Kier alpha value is -1.32. The maximum atomic E-state index is 5.14. The van der Waals surface area contributed by atoms with Gasteiger partial charge in [-0.25, -0.2) is 0 Å². The first-order valence-corrected chi connectivity index (χ1v) is 3.22. The summed E-state index contributed by atoms with van der Waals surface area (Å²) in [5.41, 5.74) is 0. The zero-order valence-electron chi connectivity index (χ0n) is 6.36. The molecular weight excluding hydrogens is 120 g/mol. The molecule has 50 valence electrons. The van der Waals surface area contributed by atoms with Crippen LogP contribution in [0.3, 0.4) is 0 Å². The van der Waals surface area contributed by atoms with Gasteiger partial charge in [0.1, 0.15) is 5.92 Å². The van der Waals surface area contributed by atoms with E-state index in [-0.39, 0.29) is 5.92 Å². The van der Waals surface area contributed by atoms with Gasteiger partial charge < -0.3 is 0 Å². The highest BCUT2D eigenvalue weighted by Gasteiger charge is 1.88. The number of hydrogen-bond donors (Lipinski definition) is 0. The average molecular weight is 130 g/mol. The smallest absolute Gasteiger partial charge is 0.118 e. The first-order chi connectivity index (χ1) is 4.85. The molecule has 0 aromatic heterocycles. The summed E-state index contributed by atoms with van der Waals surface area (Å²) in [5, 5.41) is 0. The third kappa shape index (κ3) is 3.65. The van der Waals surface area contributed by atoms with Gasteiger partial charge in [0.25, 0.3) is 0 Å². The van der Waals surface area contributed by atoms with Crippen molar-refractivity contribution in [1.82, 2.24) is 0 Å². The van der Waals surface area contributed by atoms with E-state index >= 15 is 0 Å². The van der Waals surface area contributed by atoms with E-state index in [0.717, 1.165) is 6.42 Å². The van der Waals surface area contributed by atoms with Crippen LogP contribution in [0.15, 0.2) is 0 Å². The van der Waals surface area contributed by atoms with E-state index in [1.807, 2.05) is 6.92 Å². The van der Waals surface area contributed by atoms with Gasteiger partial charge in [0, 0.05) is 6.42 Å². The van der Waals surface area contributed by atoms with Crippen molar-refractivity contribution >= 4 is 0 Å². The lowest BCUT2D eigenvalue weighted by Crippen LogP contribution is -1.85. The Kier molecular flexibility index (Phi) is 5.04. The molecular formula is C10H10. The third-order valence-corrected chi connectivity index (χ3v) is 0.879. The SMILES string of the molecule is C#CC(C#CC)C#CCC. The fraction of sp³-hybridized carbons (Fsp3) is 0.400. The van der Waals surface area contributed by atoms with Crippen molar-refractivity contribution in [2.75, 3.05) is 0 Å². The number of terminal acetylenes is 1. The van der Waals surface area contributed by atoms with E-state index in [9.17, 15) is 0 Å². The molecule has 1 atom stereocenters. The Morgan fingerprint density at radius 3 is 2.50 bits per heavy atom. The van der Waals surface area contributed by atoms with E-state index in [2.05, 4.69) is 29.6 Å². The van der Waals surface area contributed by atoms with E-state index in [1.165, 1.54) is 0 Å². The molecule has 0 heterocycles. The van der Waals surface area contributed by atoms with Gasteiger partial charge in [-0.3, -0.25) is 0 Å². The van der Waals surface area contributed by atoms with Gasteiger partial charge in [-0.05, 0) is 6.92 Å².